The van der Waals surface area contributed by atoms with Crippen molar-refractivity contribution in [1.82, 2.24) is 0 Å². The van der Waals surface area contributed by atoms with Crippen LogP contribution in [-0.2, 0) is 14.2 Å². The zero-order valence-corrected chi connectivity index (χ0v) is 21.7. The summed E-state index contributed by atoms with van der Waals surface area (Å²) in [5.74, 6) is 1.85. The van der Waals surface area contributed by atoms with Crippen molar-refractivity contribution in [3.8, 4) is 0 Å². The summed E-state index contributed by atoms with van der Waals surface area (Å²) in [5.41, 5.74) is -0.779. The minimum absolute atomic E-state index is 0.0478. The van der Waals surface area contributed by atoms with Gasteiger partial charge in [-0.1, -0.05) is 27.7 Å². The Morgan fingerprint density at radius 3 is 1.39 bits per heavy atom. The quantitative estimate of drug-likeness (QED) is 0.344. The van der Waals surface area contributed by atoms with Gasteiger partial charge in [-0.15, -0.1) is 0 Å². The summed E-state index contributed by atoms with van der Waals surface area (Å²) >= 11 is 0. The summed E-state index contributed by atoms with van der Waals surface area (Å²) in [6, 6.07) is 0. The van der Waals surface area contributed by atoms with Crippen LogP contribution in [0.5, 0.6) is 0 Å². The third-order valence-electron chi connectivity index (χ3n) is 7.97. The van der Waals surface area contributed by atoms with E-state index in [1.807, 2.05) is 0 Å². The maximum Gasteiger partial charge on any atom is 0.100 e. The molecule has 2 saturated carbocycles. The lowest BCUT2D eigenvalue weighted by Gasteiger charge is -2.49. The van der Waals surface area contributed by atoms with Crippen molar-refractivity contribution in [1.29, 1.82) is 0 Å². The van der Waals surface area contributed by atoms with Gasteiger partial charge in [-0.2, -0.15) is 0 Å². The molecular weight excluding hydrogens is 424 g/mol. The van der Waals surface area contributed by atoms with Crippen LogP contribution in [0, 0.1) is 23.7 Å². The largest absolute Gasteiger partial charge is 0.394 e. The van der Waals surface area contributed by atoms with Gasteiger partial charge in [-0.05, 0) is 63.2 Å². The summed E-state index contributed by atoms with van der Waals surface area (Å²) in [7, 11) is 0. The lowest BCUT2D eigenvalue weighted by Crippen LogP contribution is -2.51. The smallest absolute Gasteiger partial charge is 0.100 e. The van der Waals surface area contributed by atoms with E-state index in [4.69, 9.17) is 24.4 Å². The van der Waals surface area contributed by atoms with Crippen LogP contribution in [0.4, 0.5) is 0 Å². The van der Waals surface area contributed by atoms with E-state index in [2.05, 4.69) is 41.5 Å². The molecule has 2 aliphatic rings. The van der Waals surface area contributed by atoms with Crippen LogP contribution in [0.15, 0.2) is 0 Å². The molecule has 33 heavy (non-hydrogen) atoms. The Morgan fingerprint density at radius 1 is 0.727 bits per heavy atom. The van der Waals surface area contributed by atoms with Gasteiger partial charge in [-0.3, -0.25) is 0 Å². The van der Waals surface area contributed by atoms with Crippen LogP contribution in [0.3, 0.4) is 0 Å². The van der Waals surface area contributed by atoms with Crippen LogP contribution in [0.25, 0.3) is 0 Å². The molecule has 0 aliphatic heterocycles. The predicted molar refractivity (Wildman–Crippen MR) is 128 cm³/mol. The molecule has 0 heterocycles. The zero-order valence-electron chi connectivity index (χ0n) is 21.7. The highest BCUT2D eigenvalue weighted by Gasteiger charge is 2.46. The maximum absolute atomic E-state index is 9.78. The molecule has 2 fully saturated rings. The summed E-state index contributed by atoms with van der Waals surface area (Å²) in [6.45, 7) is 12.9. The number of hydrogen-bond donors (Lipinski definition) is 4. The number of hydrogen-bond acceptors (Lipinski definition) is 7. The van der Waals surface area contributed by atoms with E-state index in [0.29, 0.717) is 23.7 Å². The fourth-order valence-corrected chi connectivity index (χ4v) is 5.68. The van der Waals surface area contributed by atoms with E-state index in [1.165, 1.54) is 0 Å². The first-order chi connectivity index (χ1) is 15.4. The average Bonchev–Trinajstić information content (AvgIpc) is 2.75. The van der Waals surface area contributed by atoms with Gasteiger partial charge in [0.1, 0.15) is 12.2 Å². The van der Waals surface area contributed by atoms with Gasteiger partial charge in [0.25, 0.3) is 0 Å². The molecule has 8 atom stereocenters. The van der Waals surface area contributed by atoms with E-state index in [-0.39, 0.29) is 49.8 Å². The number of aliphatic hydroxyl groups excluding tert-OH is 4. The third-order valence-corrected chi connectivity index (χ3v) is 7.97. The first-order valence-electron chi connectivity index (χ1n) is 12.9. The third kappa shape index (κ3) is 8.41. The molecule has 0 radical (unpaired) electrons. The van der Waals surface area contributed by atoms with Gasteiger partial charge in [0.05, 0.1) is 49.8 Å². The summed E-state index contributed by atoms with van der Waals surface area (Å²) in [4.78, 5) is 0. The molecule has 2 rings (SSSR count). The summed E-state index contributed by atoms with van der Waals surface area (Å²) in [6.07, 6.45) is 3.72. The normalized spacial score (nSPS) is 37.5. The minimum atomic E-state index is -0.861. The Balaban J connectivity index is 2.15. The maximum atomic E-state index is 9.78. The lowest BCUT2D eigenvalue weighted by molar-refractivity contribution is -0.194. The molecular formula is C26H50O7. The Labute approximate surface area is 200 Å². The van der Waals surface area contributed by atoms with Crippen molar-refractivity contribution in [2.45, 2.75) is 116 Å². The van der Waals surface area contributed by atoms with Crippen molar-refractivity contribution in [2.75, 3.05) is 26.4 Å². The molecule has 0 aromatic carbocycles. The molecule has 0 saturated heterocycles. The van der Waals surface area contributed by atoms with Gasteiger partial charge < -0.3 is 34.6 Å². The molecule has 4 N–H and O–H groups in total. The fourth-order valence-electron chi connectivity index (χ4n) is 5.68. The molecule has 7 heteroatoms. The first kappa shape index (κ1) is 29.0. The predicted octanol–water partition coefficient (Wildman–Crippen LogP) is 2.91. The molecule has 8 unspecified atom stereocenters. The van der Waals surface area contributed by atoms with E-state index >= 15 is 0 Å². The highest BCUT2D eigenvalue weighted by Crippen LogP contribution is 2.45. The van der Waals surface area contributed by atoms with Crippen LogP contribution in [0.1, 0.15) is 80.1 Å². The summed E-state index contributed by atoms with van der Waals surface area (Å²) < 4.78 is 19.1. The number of aliphatic hydroxyl groups is 4. The SMILES string of the molecule is CC(C)C1CCC(C)(OCC(O)CO)CC1OC1CC(C)(OCC(O)CO)CCC1C(C)C. The van der Waals surface area contributed by atoms with E-state index < -0.39 is 12.2 Å². The monoisotopic (exact) mass is 474 g/mol. The molecule has 196 valence electrons. The standard InChI is InChI=1S/C26H50O7/c1-17(2)21-7-9-25(5,31-15-19(29)13-27)11-23(21)33-24-12-26(6,32-16-20(30)14-28)10-8-22(24)18(3)4/h17-24,27-30H,7-16H2,1-6H3. The van der Waals surface area contributed by atoms with Gasteiger partial charge >= 0.3 is 0 Å². The van der Waals surface area contributed by atoms with Crippen molar-refractivity contribution >= 4 is 0 Å². The molecule has 2 aliphatic carbocycles. The highest BCUT2D eigenvalue weighted by atomic mass is 16.5. The Bertz CT molecular complexity index is 523. The molecule has 0 aromatic heterocycles. The van der Waals surface area contributed by atoms with E-state index in [9.17, 15) is 10.2 Å². The van der Waals surface area contributed by atoms with Crippen LogP contribution < -0.4 is 0 Å². The number of ether oxygens (including phenoxy) is 3. The van der Waals surface area contributed by atoms with Crippen molar-refractivity contribution in [3.63, 3.8) is 0 Å². The summed E-state index contributed by atoms with van der Waals surface area (Å²) in [5, 5.41) is 37.9. The minimum Gasteiger partial charge on any atom is -0.394 e. The van der Waals surface area contributed by atoms with Crippen molar-refractivity contribution in [3.05, 3.63) is 0 Å². The van der Waals surface area contributed by atoms with Crippen LogP contribution >= 0.6 is 0 Å². The topological polar surface area (TPSA) is 109 Å². The zero-order chi connectivity index (χ0) is 24.8. The van der Waals surface area contributed by atoms with Gasteiger partial charge in [-0.25, -0.2) is 0 Å². The van der Waals surface area contributed by atoms with Gasteiger partial charge in [0, 0.05) is 12.8 Å². The second-order valence-electron chi connectivity index (χ2n) is 11.7. The van der Waals surface area contributed by atoms with E-state index in [0.717, 1.165) is 38.5 Å². The first-order valence-corrected chi connectivity index (χ1v) is 12.9. The second-order valence-corrected chi connectivity index (χ2v) is 11.7. The molecule has 0 amide bonds. The van der Waals surface area contributed by atoms with Crippen molar-refractivity contribution < 1.29 is 34.6 Å². The van der Waals surface area contributed by atoms with Crippen LogP contribution in [-0.4, -0.2) is 82.5 Å². The number of rotatable bonds is 12. The fraction of sp³-hybridized carbons (Fsp3) is 1.00. The second kappa shape index (κ2) is 12.6. The Kier molecular flexibility index (Phi) is 11.1. The lowest BCUT2D eigenvalue weighted by atomic mass is 9.71. The molecule has 0 aromatic rings. The van der Waals surface area contributed by atoms with Crippen LogP contribution in [0.2, 0.25) is 0 Å². The highest BCUT2D eigenvalue weighted by molar-refractivity contribution is 4.95. The molecule has 0 bridgehead atoms. The van der Waals surface area contributed by atoms with E-state index in [1.54, 1.807) is 0 Å². The Morgan fingerprint density at radius 2 is 1.09 bits per heavy atom. The Hall–Kier alpha value is -0.280. The van der Waals surface area contributed by atoms with Crippen molar-refractivity contribution in [2.24, 2.45) is 23.7 Å². The molecule has 7 nitrogen and oxygen atoms in total. The molecule has 0 spiro atoms. The average molecular weight is 475 g/mol. The van der Waals surface area contributed by atoms with Gasteiger partial charge in [0.2, 0.25) is 0 Å². The van der Waals surface area contributed by atoms with Gasteiger partial charge in [0.15, 0.2) is 0 Å².